The fourth-order valence-electron chi connectivity index (χ4n) is 3.72. The van der Waals surface area contributed by atoms with Crippen molar-refractivity contribution in [2.45, 2.75) is 38.1 Å². The summed E-state index contributed by atoms with van der Waals surface area (Å²) in [7, 11) is 1.66. The Balaban J connectivity index is 1.72. The zero-order valence-electron chi connectivity index (χ0n) is 18.5. The number of imidazole rings is 1. The van der Waals surface area contributed by atoms with E-state index in [0.29, 0.717) is 0 Å². The van der Waals surface area contributed by atoms with Gasteiger partial charge in [-0.2, -0.15) is 0 Å². The number of ether oxygens (including phenoxy) is 1. The molecule has 1 heterocycles. The van der Waals surface area contributed by atoms with E-state index in [4.69, 9.17) is 9.72 Å². The summed E-state index contributed by atoms with van der Waals surface area (Å²) in [6.07, 6.45) is 0. The molecule has 0 radical (unpaired) electrons. The molecular formula is C26H26N2O2S. The molecule has 3 aromatic carbocycles. The molecule has 4 rings (SSSR count). The van der Waals surface area contributed by atoms with Crippen LogP contribution in [0.2, 0.25) is 0 Å². The zero-order chi connectivity index (χ0) is 22.1. The van der Waals surface area contributed by atoms with E-state index >= 15 is 0 Å². The van der Waals surface area contributed by atoms with Crippen molar-refractivity contribution in [3.63, 3.8) is 0 Å². The van der Waals surface area contributed by atoms with Crippen molar-refractivity contribution in [1.82, 2.24) is 9.55 Å². The smallest absolute Gasteiger partial charge is 0.176 e. The van der Waals surface area contributed by atoms with Crippen LogP contribution in [-0.4, -0.2) is 27.7 Å². The number of thioether (sulfide) groups is 1. The van der Waals surface area contributed by atoms with Crippen LogP contribution < -0.4 is 4.74 Å². The van der Waals surface area contributed by atoms with Crippen molar-refractivity contribution in [1.29, 1.82) is 0 Å². The molecule has 1 aromatic heterocycles. The summed E-state index contributed by atoms with van der Waals surface area (Å²) in [4.78, 5) is 18.1. The maximum absolute atomic E-state index is 13.3. The number of fused-ring (bicyclic) bond motifs is 1. The molecule has 0 N–H and O–H groups in total. The molecule has 0 amide bonds. The Morgan fingerprint density at radius 1 is 0.968 bits per heavy atom. The Kier molecular flexibility index (Phi) is 5.88. The number of aryl methyl sites for hydroxylation is 3. The lowest BCUT2D eigenvalue weighted by Crippen LogP contribution is -2.16. The molecule has 1 atom stereocenters. The van der Waals surface area contributed by atoms with Crippen LogP contribution in [0.5, 0.6) is 5.75 Å². The third-order valence-corrected chi connectivity index (χ3v) is 6.67. The molecule has 31 heavy (non-hydrogen) atoms. The van der Waals surface area contributed by atoms with Crippen LogP contribution in [0.25, 0.3) is 16.7 Å². The number of para-hydroxylation sites is 2. The molecule has 0 saturated heterocycles. The van der Waals surface area contributed by atoms with Crippen LogP contribution in [0.4, 0.5) is 0 Å². The fraction of sp³-hybridized carbons (Fsp3) is 0.231. The van der Waals surface area contributed by atoms with Gasteiger partial charge >= 0.3 is 0 Å². The number of benzene rings is 3. The van der Waals surface area contributed by atoms with Crippen LogP contribution in [0.15, 0.2) is 65.8 Å². The average molecular weight is 431 g/mol. The van der Waals surface area contributed by atoms with E-state index in [0.717, 1.165) is 44.3 Å². The first-order chi connectivity index (χ1) is 14.9. The van der Waals surface area contributed by atoms with E-state index < -0.39 is 0 Å². The number of rotatable bonds is 6. The van der Waals surface area contributed by atoms with E-state index in [1.54, 1.807) is 7.11 Å². The van der Waals surface area contributed by atoms with Crippen molar-refractivity contribution in [3.05, 3.63) is 82.9 Å². The van der Waals surface area contributed by atoms with Gasteiger partial charge in [0.05, 0.1) is 23.4 Å². The molecule has 0 unspecified atom stereocenters. The van der Waals surface area contributed by atoms with Gasteiger partial charge < -0.3 is 4.74 Å². The molecule has 0 bridgehead atoms. The van der Waals surface area contributed by atoms with Gasteiger partial charge in [-0.25, -0.2) is 4.98 Å². The van der Waals surface area contributed by atoms with Crippen molar-refractivity contribution in [2.24, 2.45) is 0 Å². The molecule has 0 aliphatic carbocycles. The van der Waals surface area contributed by atoms with E-state index in [1.807, 2.05) is 69.3 Å². The van der Waals surface area contributed by atoms with Gasteiger partial charge in [0.15, 0.2) is 10.9 Å². The van der Waals surface area contributed by atoms with Crippen LogP contribution in [0.1, 0.15) is 34.0 Å². The van der Waals surface area contributed by atoms with Gasteiger partial charge in [-0.1, -0.05) is 30.0 Å². The van der Waals surface area contributed by atoms with Crippen LogP contribution >= 0.6 is 11.8 Å². The summed E-state index contributed by atoms with van der Waals surface area (Å²) in [5, 5.41) is 0.531. The normalized spacial score (nSPS) is 12.2. The van der Waals surface area contributed by atoms with Gasteiger partial charge in [-0.15, -0.1) is 0 Å². The first kappa shape index (κ1) is 21.2. The molecule has 5 heteroatoms. The number of ketones is 1. The summed E-state index contributed by atoms with van der Waals surface area (Å²) >= 11 is 1.49. The number of aromatic nitrogens is 2. The number of carbonyl (C=O) groups excluding carboxylic acids is 1. The van der Waals surface area contributed by atoms with Crippen molar-refractivity contribution >= 4 is 28.6 Å². The second-order valence-corrected chi connectivity index (χ2v) is 9.10. The Labute approximate surface area is 187 Å². The second kappa shape index (κ2) is 8.60. The van der Waals surface area contributed by atoms with Gasteiger partial charge in [0.25, 0.3) is 0 Å². The van der Waals surface area contributed by atoms with Crippen molar-refractivity contribution in [2.75, 3.05) is 7.11 Å². The monoisotopic (exact) mass is 430 g/mol. The molecule has 4 nitrogen and oxygen atoms in total. The molecule has 0 saturated carbocycles. The Morgan fingerprint density at radius 3 is 2.35 bits per heavy atom. The van der Waals surface area contributed by atoms with Crippen LogP contribution in [0, 0.1) is 20.8 Å². The predicted molar refractivity (Wildman–Crippen MR) is 128 cm³/mol. The number of carbonyl (C=O) groups is 1. The van der Waals surface area contributed by atoms with Gasteiger partial charge in [0, 0.05) is 11.3 Å². The minimum atomic E-state index is -0.269. The van der Waals surface area contributed by atoms with Gasteiger partial charge in [-0.05, 0) is 86.8 Å². The van der Waals surface area contributed by atoms with E-state index in [9.17, 15) is 4.79 Å². The number of Topliss-reactive ketones (excluding diaryl/α,β-unsaturated/α-hetero) is 1. The highest BCUT2D eigenvalue weighted by Gasteiger charge is 2.23. The van der Waals surface area contributed by atoms with Crippen molar-refractivity contribution in [3.8, 4) is 11.4 Å². The van der Waals surface area contributed by atoms with Crippen LogP contribution in [-0.2, 0) is 0 Å². The standard InChI is InChI=1S/C26H26N2O2S/c1-16-14-18(3)22(15-17(16)2)25(29)19(4)31-26-27-23-8-6-7-9-24(23)28(26)20-10-12-21(30-5)13-11-20/h6-15,19H,1-5H3/t19-/m0/s1. The highest BCUT2D eigenvalue weighted by Crippen LogP contribution is 2.32. The minimum Gasteiger partial charge on any atom is -0.497 e. The fourth-order valence-corrected chi connectivity index (χ4v) is 4.73. The summed E-state index contributed by atoms with van der Waals surface area (Å²) in [5.41, 5.74) is 7.05. The number of nitrogens with zero attached hydrogens (tertiary/aromatic N) is 2. The summed E-state index contributed by atoms with van der Waals surface area (Å²) < 4.78 is 7.41. The molecule has 158 valence electrons. The highest BCUT2D eigenvalue weighted by atomic mass is 32.2. The quantitative estimate of drug-likeness (QED) is 0.265. The zero-order valence-corrected chi connectivity index (χ0v) is 19.3. The lowest BCUT2D eigenvalue weighted by molar-refractivity contribution is 0.0993. The number of hydrogen-bond acceptors (Lipinski definition) is 4. The SMILES string of the molecule is COc1ccc(-n2c(S[C@@H](C)C(=O)c3cc(C)c(C)cc3C)nc3ccccc32)cc1. The Bertz CT molecular complexity index is 1260. The minimum absolute atomic E-state index is 0.124. The van der Waals surface area contributed by atoms with Gasteiger partial charge in [0.2, 0.25) is 0 Å². The lowest BCUT2D eigenvalue weighted by Gasteiger charge is -2.15. The average Bonchev–Trinajstić information content (AvgIpc) is 3.13. The number of hydrogen-bond donors (Lipinski definition) is 0. The Morgan fingerprint density at radius 2 is 1.65 bits per heavy atom. The van der Waals surface area contributed by atoms with E-state index in [2.05, 4.69) is 23.6 Å². The molecule has 4 aromatic rings. The first-order valence-electron chi connectivity index (χ1n) is 10.3. The summed E-state index contributed by atoms with van der Waals surface area (Å²) in [6.45, 7) is 8.08. The maximum Gasteiger partial charge on any atom is 0.176 e. The third kappa shape index (κ3) is 4.10. The third-order valence-electron chi connectivity index (χ3n) is 5.62. The number of methoxy groups -OCH3 is 1. The van der Waals surface area contributed by atoms with Gasteiger partial charge in [0.1, 0.15) is 5.75 Å². The molecule has 0 spiro atoms. The maximum atomic E-state index is 13.3. The Hall–Kier alpha value is -3.05. The molecule has 0 aliphatic rings. The summed E-state index contributed by atoms with van der Waals surface area (Å²) in [6, 6.07) is 20.0. The molecule has 0 fully saturated rings. The van der Waals surface area contributed by atoms with Gasteiger partial charge in [-0.3, -0.25) is 9.36 Å². The summed E-state index contributed by atoms with van der Waals surface area (Å²) in [5.74, 6) is 0.926. The predicted octanol–water partition coefficient (Wildman–Crippen LogP) is 6.32. The highest BCUT2D eigenvalue weighted by molar-refractivity contribution is 8.00. The molecular weight excluding hydrogens is 404 g/mol. The van der Waals surface area contributed by atoms with Crippen LogP contribution in [0.3, 0.4) is 0 Å². The first-order valence-corrected chi connectivity index (χ1v) is 11.2. The largest absolute Gasteiger partial charge is 0.497 e. The second-order valence-electron chi connectivity index (χ2n) is 7.79. The van der Waals surface area contributed by atoms with E-state index in [-0.39, 0.29) is 11.0 Å². The lowest BCUT2D eigenvalue weighted by atomic mass is 9.97. The molecule has 0 aliphatic heterocycles. The van der Waals surface area contributed by atoms with E-state index in [1.165, 1.54) is 17.3 Å². The topological polar surface area (TPSA) is 44.1 Å². The van der Waals surface area contributed by atoms with Crippen molar-refractivity contribution < 1.29 is 9.53 Å².